The lowest BCUT2D eigenvalue weighted by Gasteiger charge is -2.36. The third kappa shape index (κ3) is 5.63. The Bertz CT molecular complexity index is 1320. The lowest BCUT2D eigenvalue weighted by atomic mass is 10.2. The number of piperazine rings is 1. The van der Waals surface area contributed by atoms with Crippen LogP contribution in [-0.2, 0) is 17.9 Å². The van der Waals surface area contributed by atoms with E-state index in [1.165, 1.54) is 11.3 Å². The Kier molecular flexibility index (Phi) is 6.95. The normalized spacial score (nSPS) is 14.3. The molecule has 0 radical (unpaired) electrons. The molecule has 180 valence electrons. The van der Waals surface area contributed by atoms with Crippen LogP contribution in [0.4, 0.5) is 11.4 Å². The highest BCUT2D eigenvalue weighted by molar-refractivity contribution is 5.90. The zero-order valence-electron chi connectivity index (χ0n) is 19.7. The first-order valence-electron chi connectivity index (χ1n) is 12.2. The molecule has 0 atom stereocenters. The molecule has 1 aromatic heterocycles. The third-order valence-corrected chi connectivity index (χ3v) is 6.50. The minimum absolute atomic E-state index is 0.0619. The molecule has 0 saturated carbocycles. The number of fused-ring (bicyclic) bond motifs is 1. The smallest absolute Gasteiger partial charge is 0.408 e. The molecule has 4 aromatic rings. The van der Waals surface area contributed by atoms with Gasteiger partial charge < -0.3 is 14.6 Å². The molecular formula is C28H30N4O3. The Morgan fingerprint density at radius 2 is 1.57 bits per heavy atom. The van der Waals surface area contributed by atoms with Crippen molar-refractivity contribution in [3.63, 3.8) is 0 Å². The zero-order chi connectivity index (χ0) is 24.0. The zero-order valence-corrected chi connectivity index (χ0v) is 19.7. The van der Waals surface area contributed by atoms with Gasteiger partial charge in [-0.05, 0) is 48.4 Å². The second kappa shape index (κ2) is 10.6. The van der Waals surface area contributed by atoms with Gasteiger partial charge in [0.1, 0.15) is 0 Å². The van der Waals surface area contributed by atoms with E-state index in [9.17, 15) is 9.59 Å². The Labute approximate surface area is 204 Å². The van der Waals surface area contributed by atoms with Gasteiger partial charge in [0.25, 0.3) is 0 Å². The van der Waals surface area contributed by atoms with Gasteiger partial charge in [0.05, 0.1) is 5.52 Å². The molecule has 1 fully saturated rings. The van der Waals surface area contributed by atoms with Gasteiger partial charge in [-0.3, -0.25) is 14.3 Å². The number of hydrogen-bond acceptors (Lipinski definition) is 5. The summed E-state index contributed by atoms with van der Waals surface area (Å²) in [5.74, 6) is -0.448. The Hall–Kier alpha value is -3.84. The van der Waals surface area contributed by atoms with Crippen molar-refractivity contribution in [3.8, 4) is 0 Å². The summed E-state index contributed by atoms with van der Waals surface area (Å²) < 4.78 is 6.83. The summed E-state index contributed by atoms with van der Waals surface area (Å²) in [7, 11) is 0. The number of carbonyl (C=O) groups excluding carboxylic acids is 1. The summed E-state index contributed by atoms with van der Waals surface area (Å²) in [6.07, 6.45) is 0.887. The van der Waals surface area contributed by atoms with Crippen LogP contribution in [0.25, 0.3) is 11.1 Å². The van der Waals surface area contributed by atoms with Crippen molar-refractivity contribution in [1.29, 1.82) is 0 Å². The van der Waals surface area contributed by atoms with Gasteiger partial charge in [0.15, 0.2) is 5.58 Å². The molecule has 0 spiro atoms. The Morgan fingerprint density at radius 3 is 2.34 bits per heavy atom. The quantitative estimate of drug-likeness (QED) is 0.415. The molecule has 7 heteroatoms. The topological polar surface area (TPSA) is 70.7 Å². The predicted molar refractivity (Wildman–Crippen MR) is 139 cm³/mol. The molecule has 1 N–H and O–H groups in total. The van der Waals surface area contributed by atoms with Crippen molar-refractivity contribution in [3.05, 3.63) is 95.0 Å². The first-order valence-corrected chi connectivity index (χ1v) is 12.2. The van der Waals surface area contributed by atoms with Crippen LogP contribution in [0.3, 0.4) is 0 Å². The number of aryl methyl sites for hydroxylation is 1. The largest absolute Gasteiger partial charge is 0.419 e. The molecule has 1 aliphatic rings. The number of anilines is 2. The lowest BCUT2D eigenvalue weighted by molar-refractivity contribution is -0.116. The average molecular weight is 471 g/mol. The first-order chi connectivity index (χ1) is 17.2. The molecule has 1 aliphatic heterocycles. The van der Waals surface area contributed by atoms with Gasteiger partial charge in [-0.2, -0.15) is 0 Å². The molecule has 0 aliphatic carbocycles. The van der Waals surface area contributed by atoms with Gasteiger partial charge in [0.2, 0.25) is 5.91 Å². The van der Waals surface area contributed by atoms with E-state index in [-0.39, 0.29) is 11.7 Å². The van der Waals surface area contributed by atoms with Crippen molar-refractivity contribution < 1.29 is 9.21 Å². The Morgan fingerprint density at radius 1 is 0.857 bits per heavy atom. The molecule has 1 saturated heterocycles. The molecule has 2 heterocycles. The van der Waals surface area contributed by atoms with Crippen LogP contribution in [0.5, 0.6) is 0 Å². The van der Waals surface area contributed by atoms with Crippen LogP contribution in [0.15, 0.2) is 88.1 Å². The van der Waals surface area contributed by atoms with Crippen LogP contribution < -0.4 is 16.0 Å². The van der Waals surface area contributed by atoms with Gasteiger partial charge in [-0.15, -0.1) is 0 Å². The summed E-state index contributed by atoms with van der Waals surface area (Å²) in [4.78, 5) is 29.4. The van der Waals surface area contributed by atoms with E-state index < -0.39 is 0 Å². The second-order valence-electron chi connectivity index (χ2n) is 8.93. The van der Waals surface area contributed by atoms with Crippen molar-refractivity contribution in [2.45, 2.75) is 25.9 Å². The monoisotopic (exact) mass is 470 g/mol. The van der Waals surface area contributed by atoms with E-state index in [2.05, 4.69) is 57.6 Å². The molecule has 1 amide bonds. The highest BCUT2D eigenvalue weighted by Gasteiger charge is 2.17. The predicted octanol–water partition coefficient (Wildman–Crippen LogP) is 4.34. The van der Waals surface area contributed by atoms with Crippen LogP contribution in [0.1, 0.15) is 18.4 Å². The van der Waals surface area contributed by atoms with Gasteiger partial charge in [0, 0.05) is 57.1 Å². The number of nitrogens with one attached hydrogen (secondary N) is 1. The molecular weight excluding hydrogens is 440 g/mol. The van der Waals surface area contributed by atoms with Gasteiger partial charge in [-0.1, -0.05) is 42.5 Å². The molecule has 3 aromatic carbocycles. The summed E-state index contributed by atoms with van der Waals surface area (Å²) in [6, 6.07) is 26.0. The number of oxazole rings is 1. The van der Waals surface area contributed by atoms with Crippen molar-refractivity contribution in [1.82, 2.24) is 9.47 Å². The van der Waals surface area contributed by atoms with Crippen molar-refractivity contribution >= 4 is 28.4 Å². The SMILES string of the molecule is O=C(CCCn1c(=O)oc2ccccc21)Nc1ccc(N2CCN(Cc3ccccc3)CC2)cc1. The maximum atomic E-state index is 12.4. The summed E-state index contributed by atoms with van der Waals surface area (Å²) in [5.41, 5.74) is 4.64. The van der Waals surface area contributed by atoms with E-state index in [1.54, 1.807) is 10.6 Å². The fourth-order valence-electron chi connectivity index (χ4n) is 4.61. The van der Waals surface area contributed by atoms with Gasteiger partial charge in [-0.25, -0.2) is 4.79 Å². The maximum Gasteiger partial charge on any atom is 0.419 e. The number of benzene rings is 3. The summed E-state index contributed by atoms with van der Waals surface area (Å²) >= 11 is 0. The van der Waals surface area contributed by atoms with Crippen LogP contribution in [0.2, 0.25) is 0 Å². The average Bonchev–Trinajstić information content (AvgIpc) is 3.21. The van der Waals surface area contributed by atoms with Crippen LogP contribution in [0, 0.1) is 0 Å². The van der Waals surface area contributed by atoms with Crippen molar-refractivity contribution in [2.24, 2.45) is 0 Å². The number of hydrogen-bond donors (Lipinski definition) is 1. The van der Waals surface area contributed by atoms with Crippen LogP contribution >= 0.6 is 0 Å². The maximum absolute atomic E-state index is 12.4. The van der Waals surface area contributed by atoms with E-state index >= 15 is 0 Å². The highest BCUT2D eigenvalue weighted by Crippen LogP contribution is 2.20. The standard InChI is InChI=1S/C28H30N4O3/c33-27(11-6-16-32-25-9-4-5-10-26(25)35-28(32)34)29-23-12-14-24(15-13-23)31-19-17-30(18-20-31)21-22-7-2-1-3-8-22/h1-5,7-10,12-15H,6,11,16-21H2,(H,29,33). The number of carbonyl (C=O) groups is 1. The van der Waals surface area contributed by atoms with E-state index in [0.29, 0.717) is 25.0 Å². The van der Waals surface area contributed by atoms with Crippen molar-refractivity contribution in [2.75, 3.05) is 36.4 Å². The molecule has 7 nitrogen and oxygen atoms in total. The fraction of sp³-hybridized carbons (Fsp3) is 0.286. The Balaban J connectivity index is 1.08. The first kappa shape index (κ1) is 22.9. The highest BCUT2D eigenvalue weighted by atomic mass is 16.4. The summed E-state index contributed by atoms with van der Waals surface area (Å²) in [5, 5.41) is 2.96. The minimum Gasteiger partial charge on any atom is -0.408 e. The van der Waals surface area contributed by atoms with Crippen LogP contribution in [-0.4, -0.2) is 41.6 Å². The number of nitrogens with zero attached hydrogens (tertiary/aromatic N) is 3. The number of aromatic nitrogens is 1. The number of amides is 1. The minimum atomic E-state index is -0.386. The van der Waals surface area contributed by atoms with E-state index in [0.717, 1.165) is 43.9 Å². The lowest BCUT2D eigenvalue weighted by Crippen LogP contribution is -2.45. The third-order valence-electron chi connectivity index (χ3n) is 6.50. The van der Waals surface area contributed by atoms with E-state index in [1.807, 2.05) is 30.3 Å². The van der Waals surface area contributed by atoms with E-state index in [4.69, 9.17) is 4.42 Å². The second-order valence-corrected chi connectivity index (χ2v) is 8.93. The molecule has 35 heavy (non-hydrogen) atoms. The number of para-hydroxylation sites is 2. The molecule has 0 bridgehead atoms. The summed E-state index contributed by atoms with van der Waals surface area (Å²) in [6.45, 7) is 5.47. The molecule has 5 rings (SSSR count). The molecule has 0 unspecified atom stereocenters. The number of rotatable bonds is 8. The fourth-order valence-corrected chi connectivity index (χ4v) is 4.61. The van der Waals surface area contributed by atoms with Gasteiger partial charge >= 0.3 is 5.76 Å².